The second-order valence-corrected chi connectivity index (χ2v) is 3.49. The second-order valence-electron chi connectivity index (χ2n) is 3.49. The molecule has 5 heteroatoms. The summed E-state index contributed by atoms with van der Waals surface area (Å²) in [6.45, 7) is 1.09. The number of hydrogen-bond donors (Lipinski definition) is 2. The third kappa shape index (κ3) is 2.43. The highest BCUT2D eigenvalue weighted by atomic mass is 16.7. The van der Waals surface area contributed by atoms with Crippen molar-refractivity contribution < 1.29 is 14.3 Å². The van der Waals surface area contributed by atoms with E-state index in [1.165, 1.54) is 0 Å². The van der Waals surface area contributed by atoms with Gasteiger partial charge in [-0.05, 0) is 24.7 Å². The number of fused-ring (bicyclic) bond motifs is 1. The average Bonchev–Trinajstić information content (AvgIpc) is 2.74. The summed E-state index contributed by atoms with van der Waals surface area (Å²) in [5, 5.41) is 5.58. The van der Waals surface area contributed by atoms with Gasteiger partial charge in [-0.2, -0.15) is 0 Å². The lowest BCUT2D eigenvalue weighted by molar-refractivity contribution is -0.120. The Bertz CT molecular complexity index is 393. The van der Waals surface area contributed by atoms with E-state index >= 15 is 0 Å². The Morgan fingerprint density at radius 1 is 1.38 bits per heavy atom. The Morgan fingerprint density at radius 2 is 2.19 bits per heavy atom. The SMILES string of the molecule is CNCC(=O)NCc1ccc2c(c1)OCO2. The van der Waals surface area contributed by atoms with Crippen LogP contribution in [0.5, 0.6) is 11.5 Å². The average molecular weight is 222 g/mol. The normalized spacial score (nSPS) is 12.6. The monoisotopic (exact) mass is 222 g/mol. The van der Waals surface area contributed by atoms with E-state index in [0.29, 0.717) is 13.1 Å². The molecule has 0 unspecified atom stereocenters. The molecule has 2 rings (SSSR count). The van der Waals surface area contributed by atoms with E-state index in [1.807, 2.05) is 18.2 Å². The van der Waals surface area contributed by atoms with Crippen molar-refractivity contribution in [3.05, 3.63) is 23.8 Å². The Kier molecular flexibility index (Phi) is 3.26. The van der Waals surface area contributed by atoms with Crippen LogP contribution >= 0.6 is 0 Å². The van der Waals surface area contributed by atoms with E-state index in [0.717, 1.165) is 17.1 Å². The number of nitrogens with one attached hydrogen (secondary N) is 2. The molecule has 16 heavy (non-hydrogen) atoms. The van der Waals surface area contributed by atoms with Gasteiger partial charge in [-0.3, -0.25) is 4.79 Å². The van der Waals surface area contributed by atoms with Crippen LogP contribution in [0.1, 0.15) is 5.56 Å². The van der Waals surface area contributed by atoms with E-state index in [2.05, 4.69) is 10.6 Å². The molecule has 0 aromatic heterocycles. The van der Waals surface area contributed by atoms with Gasteiger partial charge in [0.15, 0.2) is 11.5 Å². The summed E-state index contributed by atoms with van der Waals surface area (Å²) < 4.78 is 10.4. The second kappa shape index (κ2) is 4.85. The van der Waals surface area contributed by atoms with Gasteiger partial charge < -0.3 is 20.1 Å². The van der Waals surface area contributed by atoms with Crippen LogP contribution in [0, 0.1) is 0 Å². The van der Waals surface area contributed by atoms with Gasteiger partial charge in [0.2, 0.25) is 12.7 Å². The standard InChI is InChI=1S/C11H14N2O3/c1-12-6-11(14)13-5-8-2-3-9-10(4-8)16-7-15-9/h2-4,12H,5-7H2,1H3,(H,13,14). The molecule has 0 fully saturated rings. The van der Waals surface area contributed by atoms with Gasteiger partial charge >= 0.3 is 0 Å². The minimum absolute atomic E-state index is 0.0276. The highest BCUT2D eigenvalue weighted by Gasteiger charge is 2.13. The zero-order chi connectivity index (χ0) is 11.4. The number of likely N-dealkylation sites (N-methyl/N-ethyl adjacent to an activating group) is 1. The molecule has 1 heterocycles. The van der Waals surface area contributed by atoms with Crippen LogP contribution in [0.4, 0.5) is 0 Å². The molecule has 0 radical (unpaired) electrons. The van der Waals surface area contributed by atoms with Crippen molar-refractivity contribution in [2.75, 3.05) is 20.4 Å². The number of benzene rings is 1. The molecule has 0 saturated heterocycles. The molecular weight excluding hydrogens is 208 g/mol. The van der Waals surface area contributed by atoms with Crippen molar-refractivity contribution in [2.45, 2.75) is 6.54 Å². The highest BCUT2D eigenvalue weighted by Crippen LogP contribution is 2.32. The third-order valence-electron chi connectivity index (χ3n) is 2.26. The summed E-state index contributed by atoms with van der Waals surface area (Å²) in [6, 6.07) is 5.64. The van der Waals surface area contributed by atoms with Gasteiger partial charge in [0.25, 0.3) is 0 Å². The number of amides is 1. The van der Waals surface area contributed by atoms with Crippen LogP contribution in [0.3, 0.4) is 0 Å². The zero-order valence-corrected chi connectivity index (χ0v) is 9.08. The quantitative estimate of drug-likeness (QED) is 0.766. The maximum atomic E-state index is 11.2. The summed E-state index contributed by atoms with van der Waals surface area (Å²) in [6.07, 6.45) is 0. The predicted octanol–water partition coefficient (Wildman–Crippen LogP) is 0.251. The van der Waals surface area contributed by atoms with Gasteiger partial charge in [-0.25, -0.2) is 0 Å². The molecule has 0 atom stereocenters. The molecule has 1 aliphatic heterocycles. The van der Waals surface area contributed by atoms with Gasteiger partial charge in [0.1, 0.15) is 0 Å². The third-order valence-corrected chi connectivity index (χ3v) is 2.26. The highest BCUT2D eigenvalue weighted by molar-refractivity contribution is 5.77. The summed E-state index contributed by atoms with van der Waals surface area (Å²) >= 11 is 0. The van der Waals surface area contributed by atoms with Crippen molar-refractivity contribution >= 4 is 5.91 Å². The lowest BCUT2D eigenvalue weighted by Crippen LogP contribution is -2.31. The van der Waals surface area contributed by atoms with Crippen molar-refractivity contribution in [3.63, 3.8) is 0 Å². The molecule has 86 valence electrons. The fourth-order valence-electron chi connectivity index (χ4n) is 1.47. The molecule has 1 amide bonds. The molecule has 0 saturated carbocycles. The molecule has 0 bridgehead atoms. The fraction of sp³-hybridized carbons (Fsp3) is 0.364. The molecule has 5 nitrogen and oxygen atoms in total. The number of carbonyl (C=O) groups is 1. The van der Waals surface area contributed by atoms with E-state index in [1.54, 1.807) is 7.05 Å². The molecular formula is C11H14N2O3. The van der Waals surface area contributed by atoms with Crippen LogP contribution in [0.15, 0.2) is 18.2 Å². The van der Waals surface area contributed by atoms with Crippen LogP contribution in [-0.2, 0) is 11.3 Å². The minimum atomic E-state index is -0.0276. The fourth-order valence-corrected chi connectivity index (χ4v) is 1.47. The lowest BCUT2D eigenvalue weighted by Gasteiger charge is -2.05. The van der Waals surface area contributed by atoms with E-state index in [4.69, 9.17) is 9.47 Å². The lowest BCUT2D eigenvalue weighted by atomic mass is 10.2. The Labute approximate surface area is 93.7 Å². The molecule has 1 aliphatic rings. The number of rotatable bonds is 4. The minimum Gasteiger partial charge on any atom is -0.454 e. The van der Waals surface area contributed by atoms with Crippen LogP contribution in [-0.4, -0.2) is 26.3 Å². The van der Waals surface area contributed by atoms with E-state index in [-0.39, 0.29) is 12.7 Å². The summed E-state index contributed by atoms with van der Waals surface area (Å²) in [5.41, 5.74) is 0.994. The van der Waals surface area contributed by atoms with Gasteiger partial charge in [-0.15, -0.1) is 0 Å². The van der Waals surface area contributed by atoms with Gasteiger partial charge in [0, 0.05) is 6.54 Å². The number of carbonyl (C=O) groups excluding carboxylic acids is 1. The summed E-state index contributed by atoms with van der Waals surface area (Å²) in [7, 11) is 1.74. The van der Waals surface area contributed by atoms with Crippen LogP contribution in [0.25, 0.3) is 0 Å². The maximum absolute atomic E-state index is 11.2. The zero-order valence-electron chi connectivity index (χ0n) is 9.08. The maximum Gasteiger partial charge on any atom is 0.234 e. The van der Waals surface area contributed by atoms with Crippen molar-refractivity contribution in [2.24, 2.45) is 0 Å². The first-order chi connectivity index (χ1) is 7.79. The number of hydrogen-bond acceptors (Lipinski definition) is 4. The van der Waals surface area contributed by atoms with Gasteiger partial charge in [0.05, 0.1) is 6.54 Å². The smallest absolute Gasteiger partial charge is 0.234 e. The Balaban J connectivity index is 1.93. The van der Waals surface area contributed by atoms with Gasteiger partial charge in [-0.1, -0.05) is 6.07 Å². The van der Waals surface area contributed by atoms with E-state index < -0.39 is 0 Å². The van der Waals surface area contributed by atoms with Crippen LogP contribution < -0.4 is 20.1 Å². The number of ether oxygens (including phenoxy) is 2. The first kappa shape index (κ1) is 10.8. The Hall–Kier alpha value is -1.75. The van der Waals surface area contributed by atoms with Crippen molar-refractivity contribution in [1.82, 2.24) is 10.6 Å². The molecule has 0 aliphatic carbocycles. The first-order valence-corrected chi connectivity index (χ1v) is 5.09. The molecule has 1 aromatic carbocycles. The van der Waals surface area contributed by atoms with Crippen LogP contribution in [0.2, 0.25) is 0 Å². The predicted molar refractivity (Wildman–Crippen MR) is 58.3 cm³/mol. The van der Waals surface area contributed by atoms with Crippen molar-refractivity contribution in [1.29, 1.82) is 0 Å². The Morgan fingerprint density at radius 3 is 3.00 bits per heavy atom. The largest absolute Gasteiger partial charge is 0.454 e. The summed E-state index contributed by atoms with van der Waals surface area (Å²) in [4.78, 5) is 11.2. The summed E-state index contributed by atoms with van der Waals surface area (Å²) in [5.74, 6) is 1.46. The topological polar surface area (TPSA) is 59.6 Å². The molecule has 0 spiro atoms. The molecule has 2 N–H and O–H groups in total. The van der Waals surface area contributed by atoms with Crippen molar-refractivity contribution in [3.8, 4) is 11.5 Å². The first-order valence-electron chi connectivity index (χ1n) is 5.09. The van der Waals surface area contributed by atoms with E-state index in [9.17, 15) is 4.79 Å². The molecule has 1 aromatic rings.